The lowest BCUT2D eigenvalue weighted by Crippen LogP contribution is -2.42. The fourth-order valence-electron chi connectivity index (χ4n) is 5.50. The van der Waals surface area contributed by atoms with Crippen molar-refractivity contribution in [2.45, 2.75) is 44.9 Å². The van der Waals surface area contributed by atoms with E-state index in [0.717, 1.165) is 32.1 Å². The van der Waals surface area contributed by atoms with Gasteiger partial charge in [0.1, 0.15) is 11.7 Å². The van der Waals surface area contributed by atoms with Gasteiger partial charge in [-0.3, -0.25) is 4.79 Å². The average molecular weight is 295 g/mol. The van der Waals surface area contributed by atoms with Crippen molar-refractivity contribution in [1.82, 2.24) is 0 Å². The molecule has 0 radical (unpaired) electrons. The number of benzene rings is 1. The lowest BCUT2D eigenvalue weighted by Gasteiger charge is -2.48. The van der Waals surface area contributed by atoms with E-state index in [2.05, 4.69) is 19.1 Å². The number of fused-ring (bicyclic) bond motifs is 5. The standard InChI is InChI=1S/C19H21NO2/c1-19-7-6-15-14-5-3-13(21)8-11(14)2-4-16(15)17(19)9-12(10-20)18(19)22/h3,5,8,12,15-17,21H,2,4,6-7,9H2,1H3/t12?,15?,16?,17?,19-/m0/s1. The molecule has 2 fully saturated rings. The third-order valence-corrected chi connectivity index (χ3v) is 6.62. The Balaban J connectivity index is 1.72. The topological polar surface area (TPSA) is 61.1 Å². The number of nitriles is 1. The molecule has 3 nitrogen and oxygen atoms in total. The van der Waals surface area contributed by atoms with Crippen LogP contribution < -0.4 is 0 Å². The third-order valence-electron chi connectivity index (χ3n) is 6.62. The second-order valence-corrected chi connectivity index (χ2v) is 7.54. The van der Waals surface area contributed by atoms with E-state index in [4.69, 9.17) is 0 Å². The van der Waals surface area contributed by atoms with Crippen molar-refractivity contribution in [3.05, 3.63) is 29.3 Å². The Morgan fingerprint density at radius 1 is 1.36 bits per heavy atom. The van der Waals surface area contributed by atoms with Gasteiger partial charge in [0.25, 0.3) is 0 Å². The first-order valence-corrected chi connectivity index (χ1v) is 8.30. The van der Waals surface area contributed by atoms with Crippen LogP contribution in [0.2, 0.25) is 0 Å². The Bertz CT molecular complexity index is 689. The number of aryl methyl sites for hydroxylation is 1. The molecule has 1 aromatic carbocycles. The molecule has 1 aromatic rings. The normalized spacial score (nSPS) is 39.5. The van der Waals surface area contributed by atoms with Gasteiger partial charge in [-0.25, -0.2) is 0 Å². The fraction of sp³-hybridized carbons (Fsp3) is 0.579. The number of Topliss-reactive ketones (excluding diaryl/α,β-unsaturated/α-hetero) is 1. The predicted octanol–water partition coefficient (Wildman–Crippen LogP) is 3.57. The molecular formula is C19H21NO2. The van der Waals surface area contributed by atoms with Gasteiger partial charge in [0, 0.05) is 5.41 Å². The number of hydrogen-bond acceptors (Lipinski definition) is 3. The van der Waals surface area contributed by atoms with Crippen LogP contribution in [0.25, 0.3) is 0 Å². The zero-order chi connectivity index (χ0) is 15.5. The van der Waals surface area contributed by atoms with E-state index in [-0.39, 0.29) is 11.2 Å². The van der Waals surface area contributed by atoms with Crippen molar-refractivity contribution < 1.29 is 9.90 Å². The molecule has 1 N–H and O–H groups in total. The molecule has 2 saturated carbocycles. The number of hydrogen-bond donors (Lipinski definition) is 1. The van der Waals surface area contributed by atoms with Crippen molar-refractivity contribution in [2.75, 3.05) is 0 Å². The molecule has 5 atom stereocenters. The first kappa shape index (κ1) is 13.8. The van der Waals surface area contributed by atoms with Crippen LogP contribution in [0.1, 0.15) is 49.7 Å². The van der Waals surface area contributed by atoms with Gasteiger partial charge in [0.05, 0.1) is 6.07 Å². The van der Waals surface area contributed by atoms with E-state index >= 15 is 0 Å². The third kappa shape index (κ3) is 1.70. The second kappa shape index (κ2) is 4.59. The summed E-state index contributed by atoms with van der Waals surface area (Å²) in [4.78, 5) is 12.6. The molecule has 0 bridgehead atoms. The highest BCUT2D eigenvalue weighted by Gasteiger charge is 2.58. The molecule has 0 aliphatic heterocycles. The molecule has 22 heavy (non-hydrogen) atoms. The molecule has 0 saturated heterocycles. The highest BCUT2D eigenvalue weighted by Crippen LogP contribution is 2.60. The lowest BCUT2D eigenvalue weighted by molar-refractivity contribution is -0.130. The summed E-state index contributed by atoms with van der Waals surface area (Å²) in [6, 6.07) is 7.99. The molecule has 3 aliphatic carbocycles. The molecule has 4 unspecified atom stereocenters. The Morgan fingerprint density at radius 3 is 2.95 bits per heavy atom. The van der Waals surface area contributed by atoms with Gasteiger partial charge >= 0.3 is 0 Å². The number of ketones is 1. The number of phenolic OH excluding ortho intramolecular Hbond substituents is 1. The first-order chi connectivity index (χ1) is 10.5. The van der Waals surface area contributed by atoms with E-state index in [0.29, 0.717) is 23.5 Å². The lowest BCUT2D eigenvalue weighted by atomic mass is 9.55. The molecular weight excluding hydrogens is 274 g/mol. The Labute approximate surface area is 131 Å². The predicted molar refractivity (Wildman–Crippen MR) is 82.2 cm³/mol. The van der Waals surface area contributed by atoms with Crippen LogP contribution in [0.4, 0.5) is 0 Å². The average Bonchev–Trinajstić information content (AvgIpc) is 2.78. The zero-order valence-electron chi connectivity index (χ0n) is 12.9. The summed E-state index contributed by atoms with van der Waals surface area (Å²) in [7, 11) is 0. The fourth-order valence-corrected chi connectivity index (χ4v) is 5.50. The minimum Gasteiger partial charge on any atom is -0.508 e. The maximum atomic E-state index is 12.6. The quantitative estimate of drug-likeness (QED) is 0.796. The van der Waals surface area contributed by atoms with Crippen LogP contribution in [0.3, 0.4) is 0 Å². The summed E-state index contributed by atoms with van der Waals surface area (Å²) in [5.41, 5.74) is 2.35. The molecule has 0 heterocycles. The summed E-state index contributed by atoms with van der Waals surface area (Å²) in [6.07, 6.45) is 4.73. The number of aromatic hydroxyl groups is 1. The summed E-state index contributed by atoms with van der Waals surface area (Å²) < 4.78 is 0. The van der Waals surface area contributed by atoms with Gasteiger partial charge in [0.15, 0.2) is 5.78 Å². The monoisotopic (exact) mass is 295 g/mol. The molecule has 3 aliphatic rings. The van der Waals surface area contributed by atoms with Crippen LogP contribution in [-0.2, 0) is 11.2 Å². The largest absolute Gasteiger partial charge is 0.508 e. The van der Waals surface area contributed by atoms with Gasteiger partial charge in [-0.1, -0.05) is 13.0 Å². The van der Waals surface area contributed by atoms with E-state index in [9.17, 15) is 15.2 Å². The number of nitrogens with zero attached hydrogens (tertiary/aromatic N) is 1. The molecule has 3 heteroatoms. The Kier molecular flexibility index (Phi) is 2.88. The number of carbonyl (C=O) groups excluding carboxylic acids is 1. The Morgan fingerprint density at radius 2 is 2.18 bits per heavy atom. The molecule has 0 aromatic heterocycles. The molecule has 114 valence electrons. The summed E-state index contributed by atoms with van der Waals surface area (Å²) in [6.45, 7) is 2.10. The summed E-state index contributed by atoms with van der Waals surface area (Å²) in [5.74, 6) is 1.50. The van der Waals surface area contributed by atoms with Gasteiger partial charge in [-0.2, -0.15) is 5.26 Å². The van der Waals surface area contributed by atoms with E-state index in [1.807, 2.05) is 6.07 Å². The van der Waals surface area contributed by atoms with E-state index < -0.39 is 5.92 Å². The van der Waals surface area contributed by atoms with Crippen molar-refractivity contribution in [2.24, 2.45) is 23.2 Å². The van der Waals surface area contributed by atoms with E-state index in [1.165, 1.54) is 11.1 Å². The first-order valence-electron chi connectivity index (χ1n) is 8.30. The number of rotatable bonds is 0. The minimum atomic E-state index is -0.394. The van der Waals surface area contributed by atoms with Crippen LogP contribution in [-0.4, -0.2) is 10.9 Å². The van der Waals surface area contributed by atoms with Crippen molar-refractivity contribution in [1.29, 1.82) is 5.26 Å². The maximum absolute atomic E-state index is 12.6. The van der Waals surface area contributed by atoms with Crippen molar-refractivity contribution in [3.63, 3.8) is 0 Å². The van der Waals surface area contributed by atoms with Gasteiger partial charge in [-0.15, -0.1) is 0 Å². The SMILES string of the molecule is C[C@]12CCC3c4ccc(O)cc4CCC3C1CC(C#N)C2=O. The number of carbonyl (C=O) groups is 1. The van der Waals surface area contributed by atoms with Crippen LogP contribution in [0, 0.1) is 34.5 Å². The van der Waals surface area contributed by atoms with Crippen LogP contribution >= 0.6 is 0 Å². The summed E-state index contributed by atoms with van der Waals surface area (Å²) in [5, 5.41) is 19.0. The van der Waals surface area contributed by atoms with Gasteiger partial charge < -0.3 is 5.11 Å². The van der Waals surface area contributed by atoms with Crippen LogP contribution in [0.15, 0.2) is 18.2 Å². The van der Waals surface area contributed by atoms with Crippen molar-refractivity contribution in [3.8, 4) is 11.8 Å². The number of phenols is 1. The van der Waals surface area contributed by atoms with E-state index in [1.54, 1.807) is 6.07 Å². The summed E-state index contributed by atoms with van der Waals surface area (Å²) >= 11 is 0. The second-order valence-electron chi connectivity index (χ2n) is 7.54. The van der Waals surface area contributed by atoms with Gasteiger partial charge in [0.2, 0.25) is 0 Å². The highest BCUT2D eigenvalue weighted by molar-refractivity contribution is 5.91. The minimum absolute atomic E-state index is 0.190. The maximum Gasteiger partial charge on any atom is 0.156 e. The Hall–Kier alpha value is -1.82. The molecule has 4 rings (SSSR count). The molecule has 0 amide bonds. The smallest absolute Gasteiger partial charge is 0.156 e. The highest BCUT2D eigenvalue weighted by atomic mass is 16.3. The van der Waals surface area contributed by atoms with Crippen LogP contribution in [0.5, 0.6) is 5.75 Å². The van der Waals surface area contributed by atoms with Gasteiger partial charge in [-0.05, 0) is 73.1 Å². The van der Waals surface area contributed by atoms with Crippen molar-refractivity contribution >= 4 is 5.78 Å². The molecule has 0 spiro atoms. The zero-order valence-corrected chi connectivity index (χ0v) is 12.9.